The molecule has 1 N–H and O–H groups in total. The van der Waals surface area contributed by atoms with Crippen molar-refractivity contribution < 1.29 is 14.3 Å². The van der Waals surface area contributed by atoms with E-state index in [0.717, 1.165) is 30.2 Å². The molecule has 2 heterocycles. The Morgan fingerprint density at radius 3 is 2.13 bits per heavy atom. The average Bonchev–Trinajstić information content (AvgIpc) is 2.85. The molecule has 0 saturated carbocycles. The van der Waals surface area contributed by atoms with Crippen molar-refractivity contribution in [3.8, 4) is 11.3 Å². The highest BCUT2D eigenvalue weighted by molar-refractivity contribution is 6.04. The van der Waals surface area contributed by atoms with E-state index in [9.17, 15) is 9.59 Å². The van der Waals surface area contributed by atoms with Crippen LogP contribution >= 0.6 is 0 Å². The maximum Gasteiger partial charge on any atom is 0.337 e. The number of hydrogen-bond donors (Lipinski definition) is 1. The number of amides is 1. The molecular formula is C24H24N4O3. The van der Waals surface area contributed by atoms with Gasteiger partial charge in [0.1, 0.15) is 0 Å². The van der Waals surface area contributed by atoms with Crippen molar-refractivity contribution in [1.29, 1.82) is 0 Å². The lowest BCUT2D eigenvalue weighted by molar-refractivity contribution is 0.0600. The SMILES string of the molecule is COC(=O)c1ccc(C(=O)Nc2ccc(-c3ccc(N4CCCCC4)nn3)cc2)cc1. The van der Waals surface area contributed by atoms with Crippen LogP contribution in [0.2, 0.25) is 0 Å². The molecule has 7 heteroatoms. The van der Waals surface area contributed by atoms with Gasteiger partial charge in [0.25, 0.3) is 5.91 Å². The molecule has 1 aliphatic rings. The van der Waals surface area contributed by atoms with Gasteiger partial charge in [0.05, 0.1) is 18.4 Å². The van der Waals surface area contributed by atoms with Gasteiger partial charge in [-0.3, -0.25) is 4.79 Å². The minimum Gasteiger partial charge on any atom is -0.465 e. The van der Waals surface area contributed by atoms with Gasteiger partial charge in [-0.15, -0.1) is 10.2 Å². The van der Waals surface area contributed by atoms with Crippen molar-refractivity contribution in [3.05, 3.63) is 71.8 Å². The number of carbonyl (C=O) groups excluding carboxylic acids is 2. The molecule has 0 unspecified atom stereocenters. The molecule has 2 aromatic carbocycles. The predicted octanol–water partition coefficient (Wildman–Crippen LogP) is 4.17. The molecule has 1 aromatic heterocycles. The van der Waals surface area contributed by atoms with E-state index in [-0.39, 0.29) is 5.91 Å². The van der Waals surface area contributed by atoms with Crippen molar-refractivity contribution in [2.75, 3.05) is 30.4 Å². The van der Waals surface area contributed by atoms with Crippen molar-refractivity contribution in [2.45, 2.75) is 19.3 Å². The predicted molar refractivity (Wildman–Crippen MR) is 119 cm³/mol. The van der Waals surface area contributed by atoms with E-state index in [0.29, 0.717) is 16.8 Å². The van der Waals surface area contributed by atoms with Gasteiger partial charge in [-0.25, -0.2) is 4.79 Å². The van der Waals surface area contributed by atoms with Crippen LogP contribution in [0.3, 0.4) is 0 Å². The van der Waals surface area contributed by atoms with E-state index >= 15 is 0 Å². The molecule has 1 fully saturated rings. The number of nitrogens with zero attached hydrogens (tertiary/aromatic N) is 3. The minimum absolute atomic E-state index is 0.255. The van der Waals surface area contributed by atoms with E-state index in [1.54, 1.807) is 24.3 Å². The number of hydrogen-bond acceptors (Lipinski definition) is 6. The fourth-order valence-electron chi connectivity index (χ4n) is 3.57. The van der Waals surface area contributed by atoms with E-state index < -0.39 is 5.97 Å². The lowest BCUT2D eigenvalue weighted by Crippen LogP contribution is -2.30. The van der Waals surface area contributed by atoms with Crippen LogP contribution in [0, 0.1) is 0 Å². The normalized spacial score (nSPS) is 13.5. The molecule has 3 aromatic rings. The molecule has 0 atom stereocenters. The summed E-state index contributed by atoms with van der Waals surface area (Å²) in [5.41, 5.74) is 3.24. The van der Waals surface area contributed by atoms with E-state index in [4.69, 9.17) is 0 Å². The third-order valence-corrected chi connectivity index (χ3v) is 5.34. The zero-order valence-electron chi connectivity index (χ0n) is 17.4. The van der Waals surface area contributed by atoms with Crippen LogP contribution in [-0.4, -0.2) is 42.3 Å². The Kier molecular flexibility index (Phi) is 6.21. The zero-order valence-corrected chi connectivity index (χ0v) is 17.4. The molecule has 158 valence electrons. The first-order chi connectivity index (χ1) is 15.1. The second-order valence-corrected chi connectivity index (χ2v) is 7.42. The van der Waals surface area contributed by atoms with Crippen LogP contribution in [0.5, 0.6) is 0 Å². The largest absolute Gasteiger partial charge is 0.465 e. The summed E-state index contributed by atoms with van der Waals surface area (Å²) < 4.78 is 4.67. The number of aromatic nitrogens is 2. The van der Waals surface area contributed by atoms with Gasteiger partial charge in [0.2, 0.25) is 0 Å². The summed E-state index contributed by atoms with van der Waals surface area (Å²) in [7, 11) is 1.32. The van der Waals surface area contributed by atoms with E-state index in [2.05, 4.69) is 25.2 Å². The highest BCUT2D eigenvalue weighted by atomic mass is 16.5. The van der Waals surface area contributed by atoms with Crippen molar-refractivity contribution in [2.24, 2.45) is 0 Å². The summed E-state index contributed by atoms with van der Waals surface area (Å²) in [5.74, 6) is 0.231. The smallest absolute Gasteiger partial charge is 0.337 e. The average molecular weight is 416 g/mol. The first-order valence-electron chi connectivity index (χ1n) is 10.3. The Hall–Kier alpha value is -3.74. The number of methoxy groups -OCH3 is 1. The van der Waals surface area contributed by atoms with Gasteiger partial charge in [0.15, 0.2) is 5.82 Å². The van der Waals surface area contributed by atoms with Gasteiger partial charge < -0.3 is 15.0 Å². The summed E-state index contributed by atoms with van der Waals surface area (Å²) in [6, 6.07) is 17.8. The standard InChI is InChI=1S/C24H24N4O3/c1-31-24(30)19-7-5-18(6-8-19)23(29)25-20-11-9-17(10-12-20)21-13-14-22(27-26-21)28-15-3-2-4-16-28/h5-14H,2-4,15-16H2,1H3,(H,25,29). The van der Waals surface area contributed by atoms with E-state index in [1.807, 2.05) is 36.4 Å². The molecule has 0 aliphatic carbocycles. The molecule has 1 aliphatic heterocycles. The summed E-state index contributed by atoms with van der Waals surface area (Å²) in [6.07, 6.45) is 3.68. The van der Waals surface area contributed by atoms with E-state index in [1.165, 1.54) is 26.4 Å². The molecule has 0 radical (unpaired) electrons. The minimum atomic E-state index is -0.436. The van der Waals surface area contributed by atoms with Crippen LogP contribution < -0.4 is 10.2 Å². The number of rotatable bonds is 5. The highest BCUT2D eigenvalue weighted by Gasteiger charge is 2.13. The van der Waals surface area contributed by atoms with Gasteiger partial charge in [-0.2, -0.15) is 0 Å². The number of carbonyl (C=O) groups is 2. The van der Waals surface area contributed by atoms with Crippen molar-refractivity contribution in [3.63, 3.8) is 0 Å². The molecule has 0 bridgehead atoms. The molecule has 1 amide bonds. The number of piperidine rings is 1. The van der Waals surface area contributed by atoms with Gasteiger partial charge in [0, 0.05) is 29.9 Å². The number of anilines is 2. The zero-order chi connectivity index (χ0) is 21.6. The molecule has 31 heavy (non-hydrogen) atoms. The molecule has 1 saturated heterocycles. The first-order valence-corrected chi connectivity index (χ1v) is 10.3. The number of esters is 1. The Morgan fingerprint density at radius 2 is 1.52 bits per heavy atom. The van der Waals surface area contributed by atoms with Crippen LogP contribution in [-0.2, 0) is 4.74 Å². The molecule has 7 nitrogen and oxygen atoms in total. The van der Waals surface area contributed by atoms with Crippen LogP contribution in [0.25, 0.3) is 11.3 Å². The third-order valence-electron chi connectivity index (χ3n) is 5.34. The quantitative estimate of drug-likeness (QED) is 0.629. The van der Waals surface area contributed by atoms with Crippen LogP contribution in [0.4, 0.5) is 11.5 Å². The number of ether oxygens (including phenoxy) is 1. The maximum atomic E-state index is 12.5. The van der Waals surface area contributed by atoms with Crippen LogP contribution in [0.1, 0.15) is 40.0 Å². The fraction of sp³-hybridized carbons (Fsp3) is 0.250. The van der Waals surface area contributed by atoms with Crippen LogP contribution in [0.15, 0.2) is 60.7 Å². The maximum absolute atomic E-state index is 12.5. The van der Waals surface area contributed by atoms with Crippen molar-refractivity contribution >= 4 is 23.4 Å². The Morgan fingerprint density at radius 1 is 0.839 bits per heavy atom. The summed E-state index contributed by atoms with van der Waals surface area (Å²) >= 11 is 0. The monoisotopic (exact) mass is 416 g/mol. The highest BCUT2D eigenvalue weighted by Crippen LogP contribution is 2.22. The second-order valence-electron chi connectivity index (χ2n) is 7.42. The number of benzene rings is 2. The van der Waals surface area contributed by atoms with Gasteiger partial charge >= 0.3 is 5.97 Å². The van der Waals surface area contributed by atoms with Gasteiger partial charge in [-0.05, 0) is 67.8 Å². The Balaban J connectivity index is 1.39. The second kappa shape index (κ2) is 9.38. The summed E-state index contributed by atoms with van der Waals surface area (Å²) in [5, 5.41) is 11.6. The third kappa shape index (κ3) is 4.88. The lowest BCUT2D eigenvalue weighted by atomic mass is 10.1. The van der Waals surface area contributed by atoms with Gasteiger partial charge in [-0.1, -0.05) is 12.1 Å². The Bertz CT molecular complexity index is 1040. The Labute approximate surface area is 181 Å². The first kappa shape index (κ1) is 20.5. The number of nitrogens with one attached hydrogen (secondary N) is 1. The molecule has 0 spiro atoms. The lowest BCUT2D eigenvalue weighted by Gasteiger charge is -2.27. The summed E-state index contributed by atoms with van der Waals surface area (Å²) in [6.45, 7) is 2.07. The topological polar surface area (TPSA) is 84.4 Å². The fourth-order valence-corrected chi connectivity index (χ4v) is 3.57. The summed E-state index contributed by atoms with van der Waals surface area (Å²) in [4.78, 5) is 26.2. The molecule has 4 rings (SSSR count). The molecular weight excluding hydrogens is 392 g/mol. The van der Waals surface area contributed by atoms with Crippen molar-refractivity contribution in [1.82, 2.24) is 10.2 Å².